The molecule has 1 aromatic heterocycles. The highest BCUT2D eigenvalue weighted by atomic mass is 16.6. The lowest BCUT2D eigenvalue weighted by molar-refractivity contribution is -0.384. The Hall–Kier alpha value is -1.69. The number of piperidine rings is 1. The van der Waals surface area contributed by atoms with E-state index < -0.39 is 0 Å². The fourth-order valence-corrected chi connectivity index (χ4v) is 2.59. The highest BCUT2D eigenvalue weighted by Gasteiger charge is 2.53. The maximum absolute atomic E-state index is 10.9. The van der Waals surface area contributed by atoms with Crippen molar-refractivity contribution in [2.45, 2.75) is 13.0 Å². The second-order valence-corrected chi connectivity index (χ2v) is 4.73. The van der Waals surface area contributed by atoms with Gasteiger partial charge in [0.2, 0.25) is 5.82 Å². The van der Waals surface area contributed by atoms with E-state index in [0.29, 0.717) is 23.7 Å². The number of hydrogen-bond donors (Lipinski definition) is 2. The number of nitrogens with one attached hydrogen (secondary N) is 2. The van der Waals surface area contributed by atoms with E-state index in [0.717, 1.165) is 18.8 Å². The molecule has 1 saturated carbocycles. The maximum Gasteiger partial charge on any atom is 0.311 e. The lowest BCUT2D eigenvalue weighted by atomic mass is 10.3. The number of fused-ring (bicyclic) bond motifs is 1. The van der Waals surface area contributed by atoms with Gasteiger partial charge in [-0.15, -0.1) is 0 Å². The van der Waals surface area contributed by atoms with Crippen LogP contribution in [0.3, 0.4) is 0 Å². The molecule has 1 aliphatic carbocycles. The highest BCUT2D eigenvalue weighted by molar-refractivity contribution is 5.57. The van der Waals surface area contributed by atoms with Crippen molar-refractivity contribution in [1.82, 2.24) is 10.3 Å². The summed E-state index contributed by atoms with van der Waals surface area (Å²) in [6.45, 7) is 3.84. The quantitative estimate of drug-likeness (QED) is 0.600. The van der Waals surface area contributed by atoms with E-state index in [1.54, 1.807) is 6.07 Å². The molecule has 17 heavy (non-hydrogen) atoms. The van der Waals surface area contributed by atoms with Crippen molar-refractivity contribution in [2.75, 3.05) is 18.4 Å². The van der Waals surface area contributed by atoms with Gasteiger partial charge in [-0.2, -0.15) is 0 Å². The van der Waals surface area contributed by atoms with Gasteiger partial charge >= 0.3 is 5.69 Å². The number of aromatic nitrogens is 1. The molecular weight excluding hydrogens is 220 g/mol. The molecule has 6 nitrogen and oxygen atoms in total. The van der Waals surface area contributed by atoms with Gasteiger partial charge in [0, 0.05) is 30.9 Å². The van der Waals surface area contributed by atoms with Gasteiger partial charge in [-0.05, 0) is 24.8 Å². The van der Waals surface area contributed by atoms with Crippen LogP contribution in [-0.4, -0.2) is 29.0 Å². The van der Waals surface area contributed by atoms with Crippen LogP contribution in [0.4, 0.5) is 11.5 Å². The molecule has 2 fully saturated rings. The minimum atomic E-state index is -0.384. The minimum absolute atomic E-state index is 0.0635. The molecule has 2 N–H and O–H groups in total. The molecule has 0 radical (unpaired) electrons. The molecule has 2 unspecified atom stereocenters. The number of anilines is 1. The highest BCUT2D eigenvalue weighted by Crippen LogP contribution is 2.44. The summed E-state index contributed by atoms with van der Waals surface area (Å²) in [5.74, 6) is 1.63. The monoisotopic (exact) mass is 234 g/mol. The SMILES string of the molecule is Cc1ccc([N+](=O)[O-])c(NC2C3CNCC32)n1. The van der Waals surface area contributed by atoms with Crippen LogP contribution in [0.2, 0.25) is 0 Å². The Kier molecular flexibility index (Phi) is 2.25. The number of nitrogens with zero attached hydrogens (tertiary/aromatic N) is 2. The Balaban J connectivity index is 1.82. The maximum atomic E-state index is 10.9. The number of rotatable bonds is 3. The van der Waals surface area contributed by atoms with Gasteiger partial charge in [-0.25, -0.2) is 4.98 Å². The summed E-state index contributed by atoms with van der Waals surface area (Å²) in [7, 11) is 0. The van der Waals surface area contributed by atoms with Crippen LogP contribution in [0.5, 0.6) is 0 Å². The minimum Gasteiger partial charge on any atom is -0.361 e. The molecule has 0 aromatic carbocycles. The van der Waals surface area contributed by atoms with E-state index in [1.807, 2.05) is 6.92 Å². The molecule has 90 valence electrons. The predicted molar refractivity (Wildman–Crippen MR) is 62.9 cm³/mol. The Bertz CT molecular complexity index is 467. The Labute approximate surface area is 98.6 Å². The molecule has 3 rings (SSSR count). The third kappa shape index (κ3) is 1.74. The summed E-state index contributed by atoms with van der Waals surface area (Å²) >= 11 is 0. The number of nitro groups is 1. The number of pyridine rings is 1. The fourth-order valence-electron chi connectivity index (χ4n) is 2.59. The van der Waals surface area contributed by atoms with Crippen LogP contribution in [0.15, 0.2) is 12.1 Å². The molecular formula is C11H14N4O2. The molecule has 0 bridgehead atoms. The second kappa shape index (κ2) is 3.66. The third-order valence-electron chi connectivity index (χ3n) is 3.60. The Morgan fingerprint density at radius 1 is 1.47 bits per heavy atom. The lowest BCUT2D eigenvalue weighted by Crippen LogP contribution is -2.22. The van der Waals surface area contributed by atoms with Crippen LogP contribution in [-0.2, 0) is 0 Å². The Morgan fingerprint density at radius 2 is 2.18 bits per heavy atom. The number of aryl methyl sites for hydroxylation is 1. The smallest absolute Gasteiger partial charge is 0.311 e. The first-order valence-electron chi connectivity index (χ1n) is 5.76. The zero-order valence-electron chi connectivity index (χ0n) is 9.51. The van der Waals surface area contributed by atoms with E-state index in [1.165, 1.54) is 6.07 Å². The van der Waals surface area contributed by atoms with Crippen LogP contribution in [0.25, 0.3) is 0 Å². The van der Waals surface area contributed by atoms with Crippen molar-refractivity contribution < 1.29 is 4.92 Å². The molecule has 2 heterocycles. The van der Waals surface area contributed by atoms with Crippen LogP contribution in [0.1, 0.15) is 5.69 Å². The molecule has 2 aliphatic rings. The van der Waals surface area contributed by atoms with Gasteiger partial charge in [-0.3, -0.25) is 10.1 Å². The van der Waals surface area contributed by atoms with E-state index in [2.05, 4.69) is 15.6 Å². The zero-order valence-corrected chi connectivity index (χ0v) is 9.51. The van der Waals surface area contributed by atoms with E-state index in [9.17, 15) is 10.1 Å². The van der Waals surface area contributed by atoms with Gasteiger partial charge < -0.3 is 10.6 Å². The summed E-state index contributed by atoms with van der Waals surface area (Å²) in [5, 5.41) is 17.4. The van der Waals surface area contributed by atoms with E-state index in [4.69, 9.17) is 0 Å². The summed E-state index contributed by atoms with van der Waals surface area (Å²) in [4.78, 5) is 14.7. The molecule has 1 aromatic rings. The van der Waals surface area contributed by atoms with Gasteiger partial charge in [0.15, 0.2) is 0 Å². The Morgan fingerprint density at radius 3 is 2.82 bits per heavy atom. The molecule has 0 spiro atoms. The van der Waals surface area contributed by atoms with E-state index in [-0.39, 0.29) is 10.6 Å². The average Bonchev–Trinajstić information content (AvgIpc) is 2.74. The molecule has 2 atom stereocenters. The largest absolute Gasteiger partial charge is 0.361 e. The first-order chi connectivity index (χ1) is 8.16. The fraction of sp³-hybridized carbons (Fsp3) is 0.545. The van der Waals surface area contributed by atoms with Crippen molar-refractivity contribution >= 4 is 11.5 Å². The first-order valence-corrected chi connectivity index (χ1v) is 5.76. The normalized spacial score (nSPS) is 29.8. The standard InChI is InChI=1S/C11H14N4O2/c1-6-2-3-9(15(16)17)11(13-6)14-10-7-4-12-5-8(7)10/h2-3,7-8,10,12H,4-5H2,1H3,(H,13,14). The summed E-state index contributed by atoms with van der Waals surface area (Å²) in [5.41, 5.74) is 0.857. The predicted octanol–water partition coefficient (Wildman–Crippen LogP) is 0.928. The third-order valence-corrected chi connectivity index (χ3v) is 3.60. The number of hydrogen-bond acceptors (Lipinski definition) is 5. The van der Waals surface area contributed by atoms with Crippen molar-refractivity contribution in [3.05, 3.63) is 27.9 Å². The topological polar surface area (TPSA) is 80.1 Å². The second-order valence-electron chi connectivity index (χ2n) is 4.73. The molecule has 1 aliphatic heterocycles. The van der Waals surface area contributed by atoms with Crippen LogP contribution in [0, 0.1) is 28.9 Å². The average molecular weight is 234 g/mol. The lowest BCUT2D eigenvalue weighted by Gasteiger charge is -2.09. The van der Waals surface area contributed by atoms with Crippen molar-refractivity contribution in [2.24, 2.45) is 11.8 Å². The van der Waals surface area contributed by atoms with Crippen molar-refractivity contribution in [1.29, 1.82) is 0 Å². The van der Waals surface area contributed by atoms with Crippen LogP contribution < -0.4 is 10.6 Å². The van der Waals surface area contributed by atoms with Gasteiger partial charge in [-0.1, -0.05) is 0 Å². The summed E-state index contributed by atoms with van der Waals surface area (Å²) < 4.78 is 0. The molecule has 0 amide bonds. The van der Waals surface area contributed by atoms with Crippen molar-refractivity contribution in [3.63, 3.8) is 0 Å². The first kappa shape index (κ1) is 10.5. The van der Waals surface area contributed by atoms with Gasteiger partial charge in [0.05, 0.1) is 4.92 Å². The van der Waals surface area contributed by atoms with E-state index >= 15 is 0 Å². The summed E-state index contributed by atoms with van der Waals surface area (Å²) in [6.07, 6.45) is 0. The zero-order chi connectivity index (χ0) is 12.0. The van der Waals surface area contributed by atoms with Gasteiger partial charge in [0.1, 0.15) is 0 Å². The molecule has 6 heteroatoms. The van der Waals surface area contributed by atoms with Crippen molar-refractivity contribution in [3.8, 4) is 0 Å². The summed E-state index contributed by atoms with van der Waals surface area (Å²) in [6, 6.07) is 3.53. The van der Waals surface area contributed by atoms with Crippen LogP contribution >= 0.6 is 0 Å². The van der Waals surface area contributed by atoms with Gasteiger partial charge in [0.25, 0.3) is 0 Å². The molecule has 1 saturated heterocycles.